The van der Waals surface area contributed by atoms with Gasteiger partial charge in [-0.05, 0) is 6.42 Å². The molecule has 0 radical (unpaired) electrons. The van der Waals surface area contributed by atoms with Crippen LogP contribution in [-0.2, 0) is 47.6 Å². The zero-order chi connectivity index (χ0) is 24.2. The lowest BCUT2D eigenvalue weighted by Gasteiger charge is -2.32. The van der Waals surface area contributed by atoms with Crippen molar-refractivity contribution >= 4 is 23.7 Å². The Labute approximate surface area is 190 Å². The first kappa shape index (κ1) is 30.0. The molecule has 0 aromatic heterocycles. The second-order valence-electron chi connectivity index (χ2n) is 7.46. The fraction of sp³-hybridized carbons (Fsp3) is 0.818. The van der Waals surface area contributed by atoms with Crippen LogP contribution in [0.15, 0.2) is 0 Å². The lowest BCUT2D eigenvalue weighted by Crippen LogP contribution is -2.40. The Hall–Kier alpha value is -2.04. The zero-order valence-electron chi connectivity index (χ0n) is 19.8. The Kier molecular flexibility index (Phi) is 17.3. The molecule has 0 unspecified atom stereocenters. The molecule has 0 aliphatic rings. The van der Waals surface area contributed by atoms with Crippen LogP contribution in [0.25, 0.3) is 0 Å². The van der Waals surface area contributed by atoms with Gasteiger partial charge in [-0.3, -0.25) is 19.2 Å². The summed E-state index contributed by atoms with van der Waals surface area (Å²) in [5.74, 6) is -1.17. The van der Waals surface area contributed by atoms with Crippen LogP contribution < -0.4 is 0 Å². The molecule has 0 N–H and O–H groups in total. The van der Waals surface area contributed by atoms with Gasteiger partial charge in [-0.1, -0.05) is 13.3 Å². The molecule has 0 saturated carbocycles. The molecule has 0 bridgehead atoms. The van der Waals surface area contributed by atoms with Gasteiger partial charge in [-0.2, -0.15) is 0 Å². The number of carbonyl (C=O) groups is 4. The van der Waals surface area contributed by atoms with Crippen molar-refractivity contribution in [3.8, 4) is 0 Å². The predicted octanol–water partition coefficient (Wildman–Crippen LogP) is 1.86. The quantitative estimate of drug-likeness (QED) is 0.150. The van der Waals surface area contributed by atoms with E-state index in [1.807, 2.05) is 6.92 Å². The number of ketones is 1. The lowest BCUT2D eigenvalue weighted by atomic mass is 9.84. The number of unbranched alkanes of at least 4 members (excludes halogenated alkanes) is 1. The number of ether oxygens (including phenoxy) is 6. The summed E-state index contributed by atoms with van der Waals surface area (Å²) in [6.45, 7) is 2.63. The highest BCUT2D eigenvalue weighted by Crippen LogP contribution is 2.26. The molecular formula is C22H38O10. The number of methoxy groups -OCH3 is 3. The summed E-state index contributed by atoms with van der Waals surface area (Å²) in [4.78, 5) is 46.6. The van der Waals surface area contributed by atoms with Crippen LogP contribution in [0.1, 0.15) is 51.9 Å². The smallest absolute Gasteiger partial charge is 0.307 e. The Morgan fingerprint density at radius 2 is 1.00 bits per heavy atom. The van der Waals surface area contributed by atoms with Crippen molar-refractivity contribution in [3.63, 3.8) is 0 Å². The minimum absolute atomic E-state index is 0.0385. The SMILES string of the molecule is CCCCC(=O)CC(COCCC(=O)OC)(COCCC(=O)OC)COCCC(=O)OC. The fourth-order valence-corrected chi connectivity index (χ4v) is 2.80. The summed E-state index contributed by atoms with van der Waals surface area (Å²) in [5.41, 5.74) is -0.840. The summed E-state index contributed by atoms with van der Waals surface area (Å²) >= 11 is 0. The maximum absolute atomic E-state index is 12.6. The molecule has 0 heterocycles. The van der Waals surface area contributed by atoms with E-state index in [0.717, 1.165) is 12.8 Å². The van der Waals surface area contributed by atoms with E-state index < -0.39 is 23.3 Å². The van der Waals surface area contributed by atoms with Crippen LogP contribution in [-0.4, -0.2) is 84.7 Å². The van der Waals surface area contributed by atoms with Gasteiger partial charge in [0.05, 0.1) is 80.2 Å². The fourth-order valence-electron chi connectivity index (χ4n) is 2.80. The van der Waals surface area contributed by atoms with Crippen LogP contribution in [0.3, 0.4) is 0 Å². The van der Waals surface area contributed by atoms with Crippen molar-refractivity contribution in [2.45, 2.75) is 51.9 Å². The number of rotatable bonds is 20. The predicted molar refractivity (Wildman–Crippen MR) is 114 cm³/mol. The molecule has 10 nitrogen and oxygen atoms in total. The van der Waals surface area contributed by atoms with E-state index in [1.54, 1.807) is 0 Å². The molecule has 0 atom stereocenters. The van der Waals surface area contributed by atoms with Crippen molar-refractivity contribution < 1.29 is 47.6 Å². The van der Waals surface area contributed by atoms with E-state index >= 15 is 0 Å². The van der Waals surface area contributed by atoms with E-state index in [1.165, 1.54) is 21.3 Å². The van der Waals surface area contributed by atoms with Gasteiger partial charge in [0, 0.05) is 18.3 Å². The monoisotopic (exact) mass is 462 g/mol. The van der Waals surface area contributed by atoms with Gasteiger partial charge in [0.15, 0.2) is 0 Å². The minimum Gasteiger partial charge on any atom is -0.469 e. The van der Waals surface area contributed by atoms with Gasteiger partial charge in [0.1, 0.15) is 5.78 Å². The number of esters is 3. The van der Waals surface area contributed by atoms with Gasteiger partial charge in [0.25, 0.3) is 0 Å². The molecule has 10 heteroatoms. The summed E-state index contributed by atoms with van der Waals surface area (Å²) in [6.07, 6.45) is 2.44. The minimum atomic E-state index is -0.840. The number of carbonyl (C=O) groups excluding carboxylic acids is 4. The van der Waals surface area contributed by atoms with Crippen molar-refractivity contribution in [1.82, 2.24) is 0 Å². The first-order valence-corrected chi connectivity index (χ1v) is 10.8. The van der Waals surface area contributed by atoms with Crippen LogP contribution >= 0.6 is 0 Å². The lowest BCUT2D eigenvalue weighted by molar-refractivity contribution is -0.145. The van der Waals surface area contributed by atoms with Gasteiger partial charge < -0.3 is 28.4 Å². The molecule has 0 saturated heterocycles. The van der Waals surface area contributed by atoms with Crippen molar-refractivity contribution in [2.24, 2.45) is 5.41 Å². The normalized spacial score (nSPS) is 11.1. The van der Waals surface area contributed by atoms with E-state index in [9.17, 15) is 19.2 Å². The highest BCUT2D eigenvalue weighted by Gasteiger charge is 2.34. The third-order valence-corrected chi connectivity index (χ3v) is 4.64. The van der Waals surface area contributed by atoms with Crippen molar-refractivity contribution in [1.29, 1.82) is 0 Å². The maximum Gasteiger partial charge on any atom is 0.307 e. The maximum atomic E-state index is 12.6. The number of hydrogen-bond donors (Lipinski definition) is 0. The molecular weight excluding hydrogens is 424 g/mol. The highest BCUT2D eigenvalue weighted by atomic mass is 16.5. The van der Waals surface area contributed by atoms with Crippen LogP contribution in [0.5, 0.6) is 0 Å². The average Bonchev–Trinajstić information content (AvgIpc) is 2.80. The van der Waals surface area contributed by atoms with Crippen LogP contribution in [0, 0.1) is 5.41 Å². The molecule has 0 amide bonds. The Morgan fingerprint density at radius 3 is 1.31 bits per heavy atom. The van der Waals surface area contributed by atoms with Crippen LogP contribution in [0.4, 0.5) is 0 Å². The average molecular weight is 463 g/mol. The largest absolute Gasteiger partial charge is 0.469 e. The topological polar surface area (TPSA) is 124 Å². The van der Waals surface area contributed by atoms with Gasteiger partial charge >= 0.3 is 17.9 Å². The number of hydrogen-bond acceptors (Lipinski definition) is 10. The second-order valence-corrected chi connectivity index (χ2v) is 7.46. The Morgan fingerprint density at radius 1 is 0.625 bits per heavy atom. The molecule has 0 aliphatic heterocycles. The first-order valence-electron chi connectivity index (χ1n) is 10.8. The standard InChI is InChI=1S/C22H38O10/c1-5-6-7-18(23)14-22(15-30-11-8-19(24)27-2,16-31-12-9-20(25)28-3)17-32-13-10-21(26)29-4/h5-17H2,1-4H3. The molecule has 0 fully saturated rings. The molecule has 32 heavy (non-hydrogen) atoms. The van der Waals surface area contributed by atoms with E-state index in [2.05, 4.69) is 14.2 Å². The number of Topliss-reactive ketones (excluding diaryl/α,β-unsaturated/α-hetero) is 1. The summed E-state index contributed by atoms with van der Waals surface area (Å²) < 4.78 is 30.9. The Bertz CT molecular complexity index is 501. The van der Waals surface area contributed by atoms with E-state index in [4.69, 9.17) is 14.2 Å². The molecule has 0 spiro atoms. The summed E-state index contributed by atoms with van der Waals surface area (Å²) in [5, 5.41) is 0. The van der Waals surface area contributed by atoms with Crippen molar-refractivity contribution in [3.05, 3.63) is 0 Å². The van der Waals surface area contributed by atoms with Gasteiger partial charge in [-0.25, -0.2) is 0 Å². The summed E-state index contributed by atoms with van der Waals surface area (Å²) in [7, 11) is 3.88. The zero-order valence-corrected chi connectivity index (χ0v) is 19.8. The Balaban J connectivity index is 5.18. The third-order valence-electron chi connectivity index (χ3n) is 4.64. The van der Waals surface area contributed by atoms with E-state index in [-0.39, 0.29) is 71.1 Å². The van der Waals surface area contributed by atoms with Gasteiger partial charge in [0.2, 0.25) is 0 Å². The van der Waals surface area contributed by atoms with Crippen LogP contribution in [0.2, 0.25) is 0 Å². The third kappa shape index (κ3) is 14.9. The van der Waals surface area contributed by atoms with Crippen molar-refractivity contribution in [2.75, 3.05) is 61.0 Å². The molecule has 0 aliphatic carbocycles. The summed E-state index contributed by atoms with van der Waals surface area (Å²) in [6, 6.07) is 0. The molecule has 0 rings (SSSR count). The van der Waals surface area contributed by atoms with Gasteiger partial charge in [-0.15, -0.1) is 0 Å². The molecule has 0 aromatic rings. The second kappa shape index (κ2) is 18.5. The van der Waals surface area contributed by atoms with E-state index in [0.29, 0.717) is 6.42 Å². The molecule has 0 aromatic carbocycles. The molecule has 186 valence electrons. The highest BCUT2D eigenvalue weighted by molar-refractivity contribution is 5.79. The first-order chi connectivity index (χ1) is 15.3.